The number of carbonyl (C=O) groups excluding carboxylic acids is 3. The van der Waals surface area contributed by atoms with Crippen LogP contribution in [0.1, 0.15) is 0 Å². The fourth-order valence-electron chi connectivity index (χ4n) is 3.09. The minimum Gasteiger partial charge on any atom is -0.480 e. The van der Waals surface area contributed by atoms with Crippen LogP contribution in [0.2, 0.25) is 0 Å². The van der Waals surface area contributed by atoms with Gasteiger partial charge in [0, 0.05) is 65.4 Å². The highest BCUT2D eigenvalue weighted by Gasteiger charge is 2.19. The molecule has 0 aromatic carbocycles. The summed E-state index contributed by atoms with van der Waals surface area (Å²) in [4.78, 5) is 52.1. The number of carbonyl (C=O) groups is 4. The molecule has 0 aromatic rings. The summed E-state index contributed by atoms with van der Waals surface area (Å²) in [6.07, 6.45) is 0. The number of amides is 1. The summed E-state index contributed by atoms with van der Waals surface area (Å²) in [6.45, 7) is 5.65. The molecular weight excluding hydrogens is 412 g/mol. The van der Waals surface area contributed by atoms with Gasteiger partial charge >= 0.3 is 5.97 Å². The molecule has 4 N–H and O–H groups in total. The first kappa shape index (κ1) is 26.7. The van der Waals surface area contributed by atoms with E-state index in [1.807, 2.05) is 14.7 Å². The summed E-state index contributed by atoms with van der Waals surface area (Å²) in [7, 11) is 0. The number of ether oxygens (including phenoxy) is 2. The highest BCUT2D eigenvalue weighted by Crippen LogP contribution is 2.01. The van der Waals surface area contributed by atoms with E-state index in [0.29, 0.717) is 78.4 Å². The van der Waals surface area contributed by atoms with Crippen molar-refractivity contribution in [1.82, 2.24) is 24.9 Å². The van der Waals surface area contributed by atoms with Gasteiger partial charge in [-0.3, -0.25) is 38.8 Å². The molecule has 178 valence electrons. The molecule has 0 bridgehead atoms. The Labute approximate surface area is 182 Å². The maximum atomic E-state index is 12.2. The maximum absolute atomic E-state index is 12.2. The molecule has 1 saturated heterocycles. The molecule has 31 heavy (non-hydrogen) atoms. The number of carboxylic acid groups (broad SMARTS) is 1. The number of nitrogens with one attached hydrogen (secondary N) is 1. The Morgan fingerprint density at radius 1 is 0.806 bits per heavy atom. The molecule has 1 amide bonds. The van der Waals surface area contributed by atoms with Crippen molar-refractivity contribution >= 4 is 24.8 Å². The number of hydrogen-bond donors (Lipinski definition) is 3. The van der Waals surface area contributed by atoms with Crippen molar-refractivity contribution in [3.63, 3.8) is 0 Å². The van der Waals surface area contributed by atoms with Crippen LogP contribution in [-0.2, 0) is 28.7 Å². The molecule has 0 aromatic heterocycles. The van der Waals surface area contributed by atoms with Gasteiger partial charge in [0.25, 0.3) is 12.9 Å². The molecule has 1 heterocycles. The molecule has 0 aliphatic carbocycles. The zero-order valence-corrected chi connectivity index (χ0v) is 17.8. The summed E-state index contributed by atoms with van der Waals surface area (Å²) in [5.41, 5.74) is 5.42. The van der Waals surface area contributed by atoms with Gasteiger partial charge in [0.1, 0.15) is 13.5 Å². The third-order valence-electron chi connectivity index (χ3n) is 4.77. The van der Waals surface area contributed by atoms with Crippen LogP contribution in [-0.4, -0.2) is 142 Å². The van der Waals surface area contributed by atoms with Crippen LogP contribution in [0.3, 0.4) is 0 Å². The molecule has 1 aliphatic heterocycles. The molecule has 0 radical (unpaired) electrons. The molecule has 1 aliphatic rings. The first-order chi connectivity index (χ1) is 15.0. The lowest BCUT2D eigenvalue weighted by molar-refractivity contribution is -0.139. The summed E-state index contributed by atoms with van der Waals surface area (Å²) in [5, 5.41) is 12.0. The molecule has 0 unspecified atom stereocenters. The maximum Gasteiger partial charge on any atom is 0.317 e. The Morgan fingerprint density at radius 3 is 1.61 bits per heavy atom. The lowest BCUT2D eigenvalue weighted by Crippen LogP contribution is -2.49. The van der Waals surface area contributed by atoms with Crippen molar-refractivity contribution in [3.05, 3.63) is 0 Å². The van der Waals surface area contributed by atoms with E-state index in [1.54, 1.807) is 4.90 Å². The van der Waals surface area contributed by atoms with Crippen LogP contribution in [0.15, 0.2) is 0 Å². The second kappa shape index (κ2) is 16.4. The molecular formula is C18H34N6O7. The zero-order valence-electron chi connectivity index (χ0n) is 17.8. The summed E-state index contributed by atoms with van der Waals surface area (Å²) in [6, 6.07) is 0. The Bertz CT molecular complexity index is 553. The second-order valence-electron chi connectivity index (χ2n) is 7.10. The van der Waals surface area contributed by atoms with Crippen molar-refractivity contribution in [2.24, 2.45) is 5.73 Å². The number of nitrogens with zero attached hydrogens (tertiary/aromatic N) is 4. The van der Waals surface area contributed by atoms with Crippen LogP contribution in [0.25, 0.3) is 0 Å². The van der Waals surface area contributed by atoms with E-state index in [9.17, 15) is 24.3 Å². The zero-order chi connectivity index (χ0) is 22.9. The smallest absolute Gasteiger partial charge is 0.317 e. The lowest BCUT2D eigenvalue weighted by atomic mass is 10.3. The molecule has 13 nitrogen and oxygen atoms in total. The first-order valence-corrected chi connectivity index (χ1v) is 10.2. The fourth-order valence-corrected chi connectivity index (χ4v) is 3.09. The van der Waals surface area contributed by atoms with E-state index in [2.05, 4.69) is 5.32 Å². The molecule has 0 atom stereocenters. The minimum atomic E-state index is -0.938. The van der Waals surface area contributed by atoms with Gasteiger partial charge in [-0.05, 0) is 0 Å². The summed E-state index contributed by atoms with van der Waals surface area (Å²) >= 11 is 0. The second-order valence-corrected chi connectivity index (χ2v) is 7.10. The third kappa shape index (κ3) is 12.9. The Hall–Kier alpha value is -2.32. The van der Waals surface area contributed by atoms with Gasteiger partial charge in [0.05, 0.1) is 13.1 Å². The Balaban J connectivity index is 2.86. The van der Waals surface area contributed by atoms with Gasteiger partial charge in [-0.1, -0.05) is 0 Å². The predicted octanol–water partition coefficient (Wildman–Crippen LogP) is -3.37. The SMILES string of the molecule is NCCNC(=O)CN1CCN(COC=O)CCN(COC=O)CCN(CC(=O)O)CC1. The van der Waals surface area contributed by atoms with Gasteiger partial charge in [-0.25, -0.2) is 0 Å². The third-order valence-corrected chi connectivity index (χ3v) is 4.77. The first-order valence-electron chi connectivity index (χ1n) is 10.2. The van der Waals surface area contributed by atoms with Gasteiger partial charge < -0.3 is 25.6 Å². The van der Waals surface area contributed by atoms with E-state index in [0.717, 1.165) is 0 Å². The molecule has 0 saturated carbocycles. The van der Waals surface area contributed by atoms with E-state index in [1.165, 1.54) is 0 Å². The summed E-state index contributed by atoms with van der Waals surface area (Å²) < 4.78 is 9.76. The van der Waals surface area contributed by atoms with Crippen molar-refractivity contribution in [1.29, 1.82) is 0 Å². The Morgan fingerprint density at radius 2 is 1.23 bits per heavy atom. The minimum absolute atomic E-state index is 0.0836. The highest BCUT2D eigenvalue weighted by atomic mass is 16.5. The van der Waals surface area contributed by atoms with Gasteiger partial charge in [0.2, 0.25) is 5.91 Å². The van der Waals surface area contributed by atoms with Crippen molar-refractivity contribution < 1.29 is 33.8 Å². The van der Waals surface area contributed by atoms with Crippen molar-refractivity contribution in [2.45, 2.75) is 0 Å². The average molecular weight is 447 g/mol. The van der Waals surface area contributed by atoms with E-state index in [-0.39, 0.29) is 32.5 Å². The Kier molecular flexibility index (Phi) is 14.1. The largest absolute Gasteiger partial charge is 0.480 e. The number of nitrogens with two attached hydrogens (primary N) is 1. The standard InChI is InChI=1S/C18H34N6O7/c19-1-2-20-17(27)11-21-3-4-22(12-18(28)29)6-8-24(14-31-16-26)10-9-23(7-5-21)13-30-15-25/h15-16H,1-14,19H2,(H,20,27)(H,28,29). The van der Waals surface area contributed by atoms with Gasteiger partial charge in [-0.2, -0.15) is 0 Å². The van der Waals surface area contributed by atoms with Crippen LogP contribution >= 0.6 is 0 Å². The van der Waals surface area contributed by atoms with E-state index < -0.39 is 5.97 Å². The van der Waals surface area contributed by atoms with E-state index >= 15 is 0 Å². The lowest BCUT2D eigenvalue weighted by Gasteiger charge is -2.33. The topological polar surface area (TPSA) is 158 Å². The van der Waals surface area contributed by atoms with Crippen molar-refractivity contribution in [3.8, 4) is 0 Å². The molecule has 1 rings (SSSR count). The monoisotopic (exact) mass is 446 g/mol. The number of hydrogen-bond acceptors (Lipinski definition) is 11. The average Bonchev–Trinajstić information content (AvgIpc) is 2.74. The van der Waals surface area contributed by atoms with E-state index in [4.69, 9.17) is 15.2 Å². The number of aliphatic carboxylic acids is 1. The predicted molar refractivity (Wildman–Crippen MR) is 110 cm³/mol. The van der Waals surface area contributed by atoms with Crippen LogP contribution in [0, 0.1) is 0 Å². The quantitative estimate of drug-likeness (QED) is 0.256. The van der Waals surface area contributed by atoms with Gasteiger partial charge in [-0.15, -0.1) is 0 Å². The molecule has 1 fully saturated rings. The van der Waals surface area contributed by atoms with Crippen LogP contribution in [0.5, 0.6) is 0 Å². The normalized spacial score (nSPS) is 18.4. The highest BCUT2D eigenvalue weighted by molar-refractivity contribution is 5.78. The number of rotatable bonds is 12. The fraction of sp³-hybridized carbons (Fsp3) is 0.778. The number of carboxylic acids is 1. The summed E-state index contributed by atoms with van der Waals surface area (Å²) in [5.74, 6) is -1.09. The van der Waals surface area contributed by atoms with Crippen LogP contribution < -0.4 is 11.1 Å². The molecule has 0 spiro atoms. The molecule has 13 heteroatoms. The van der Waals surface area contributed by atoms with Crippen LogP contribution in [0.4, 0.5) is 0 Å². The van der Waals surface area contributed by atoms with Gasteiger partial charge in [0.15, 0.2) is 0 Å². The van der Waals surface area contributed by atoms with Crippen molar-refractivity contribution in [2.75, 3.05) is 92.0 Å².